The Labute approximate surface area is 137 Å². The van der Waals surface area contributed by atoms with Crippen molar-refractivity contribution in [2.45, 2.75) is 52.4 Å². The van der Waals surface area contributed by atoms with E-state index >= 15 is 0 Å². The summed E-state index contributed by atoms with van der Waals surface area (Å²) in [6.45, 7) is 4.17. The minimum Gasteiger partial charge on any atom is -0.326 e. The van der Waals surface area contributed by atoms with Gasteiger partial charge in [0.15, 0.2) is 0 Å². The molecule has 1 aliphatic rings. The van der Waals surface area contributed by atoms with E-state index in [4.69, 9.17) is 0 Å². The second-order valence-electron chi connectivity index (χ2n) is 5.92. The SMILES string of the molecule is CCCC/C(CC)=N/NC(=O)c1ccc(NC(=O)C2CC2)cc1. The average molecular weight is 315 g/mol. The maximum atomic E-state index is 12.1. The van der Waals surface area contributed by atoms with Crippen molar-refractivity contribution in [1.82, 2.24) is 5.43 Å². The molecule has 0 aliphatic heterocycles. The zero-order valence-corrected chi connectivity index (χ0v) is 13.9. The molecule has 0 saturated heterocycles. The van der Waals surface area contributed by atoms with Crippen LogP contribution in [0.3, 0.4) is 0 Å². The van der Waals surface area contributed by atoms with Gasteiger partial charge >= 0.3 is 0 Å². The van der Waals surface area contributed by atoms with E-state index < -0.39 is 0 Å². The second-order valence-corrected chi connectivity index (χ2v) is 5.92. The van der Waals surface area contributed by atoms with Crippen LogP contribution in [0.4, 0.5) is 5.69 Å². The van der Waals surface area contributed by atoms with Crippen molar-refractivity contribution in [3.8, 4) is 0 Å². The number of benzene rings is 1. The lowest BCUT2D eigenvalue weighted by atomic mass is 10.1. The predicted octanol–water partition coefficient (Wildman–Crippen LogP) is 3.72. The molecule has 5 heteroatoms. The standard InChI is InChI=1S/C18H25N3O2/c1-3-5-6-15(4-2)20-21-18(23)14-9-11-16(12-10-14)19-17(22)13-7-8-13/h9-13H,3-8H2,1-2H3,(H,19,22)(H,21,23)/b20-15+. The lowest BCUT2D eigenvalue weighted by molar-refractivity contribution is -0.117. The van der Waals surface area contributed by atoms with Gasteiger partial charge in [-0.2, -0.15) is 5.10 Å². The van der Waals surface area contributed by atoms with Crippen molar-refractivity contribution in [2.75, 3.05) is 5.32 Å². The molecule has 0 atom stereocenters. The zero-order valence-electron chi connectivity index (χ0n) is 13.9. The van der Waals surface area contributed by atoms with Crippen LogP contribution in [0.25, 0.3) is 0 Å². The van der Waals surface area contributed by atoms with E-state index in [-0.39, 0.29) is 17.7 Å². The Bertz CT molecular complexity index is 574. The molecule has 23 heavy (non-hydrogen) atoms. The Kier molecular flexibility index (Phi) is 6.32. The van der Waals surface area contributed by atoms with Gasteiger partial charge in [0.2, 0.25) is 5.91 Å². The van der Waals surface area contributed by atoms with Gasteiger partial charge < -0.3 is 5.32 Å². The van der Waals surface area contributed by atoms with Gasteiger partial charge in [-0.15, -0.1) is 0 Å². The topological polar surface area (TPSA) is 70.6 Å². The summed E-state index contributed by atoms with van der Waals surface area (Å²) in [5, 5.41) is 7.06. The monoisotopic (exact) mass is 315 g/mol. The molecular formula is C18H25N3O2. The fourth-order valence-corrected chi connectivity index (χ4v) is 2.18. The quantitative estimate of drug-likeness (QED) is 0.567. The maximum Gasteiger partial charge on any atom is 0.271 e. The van der Waals surface area contributed by atoms with Crippen LogP contribution in [0.15, 0.2) is 29.4 Å². The molecule has 1 aromatic rings. The number of amides is 2. The molecule has 1 saturated carbocycles. The Balaban J connectivity index is 1.88. The van der Waals surface area contributed by atoms with Crippen LogP contribution in [0.5, 0.6) is 0 Å². The average Bonchev–Trinajstić information content (AvgIpc) is 3.40. The van der Waals surface area contributed by atoms with Crippen molar-refractivity contribution >= 4 is 23.2 Å². The molecule has 1 aromatic carbocycles. The van der Waals surface area contributed by atoms with Gasteiger partial charge in [-0.25, -0.2) is 5.43 Å². The first-order chi connectivity index (χ1) is 11.1. The minimum absolute atomic E-state index is 0.0651. The number of carbonyl (C=O) groups is 2. The molecule has 2 N–H and O–H groups in total. The highest BCUT2D eigenvalue weighted by molar-refractivity contribution is 5.97. The van der Waals surface area contributed by atoms with E-state index in [9.17, 15) is 9.59 Å². The first-order valence-corrected chi connectivity index (χ1v) is 8.40. The Morgan fingerprint density at radius 1 is 1.17 bits per heavy atom. The maximum absolute atomic E-state index is 12.1. The fraction of sp³-hybridized carbons (Fsp3) is 0.500. The van der Waals surface area contributed by atoms with E-state index in [1.54, 1.807) is 24.3 Å². The molecule has 0 unspecified atom stereocenters. The van der Waals surface area contributed by atoms with Gasteiger partial charge in [-0.1, -0.05) is 20.3 Å². The molecule has 124 valence electrons. The molecular weight excluding hydrogens is 290 g/mol. The molecule has 0 bridgehead atoms. The van der Waals surface area contributed by atoms with Gasteiger partial charge in [-0.05, 0) is 56.4 Å². The summed E-state index contributed by atoms with van der Waals surface area (Å²) in [5.41, 5.74) is 4.87. The van der Waals surface area contributed by atoms with E-state index in [1.165, 1.54) is 0 Å². The van der Waals surface area contributed by atoms with Crippen LogP contribution in [-0.2, 0) is 4.79 Å². The zero-order chi connectivity index (χ0) is 16.7. The van der Waals surface area contributed by atoms with E-state index in [2.05, 4.69) is 22.8 Å². The van der Waals surface area contributed by atoms with Crippen LogP contribution in [0.1, 0.15) is 62.7 Å². The molecule has 5 nitrogen and oxygen atoms in total. The van der Waals surface area contributed by atoms with E-state index in [0.717, 1.165) is 49.9 Å². The minimum atomic E-state index is -0.229. The third kappa shape index (κ3) is 5.51. The molecule has 0 aromatic heterocycles. The number of hydrazone groups is 1. The molecule has 2 rings (SSSR count). The van der Waals surface area contributed by atoms with Crippen molar-refractivity contribution in [3.05, 3.63) is 29.8 Å². The lowest BCUT2D eigenvalue weighted by Crippen LogP contribution is -2.20. The molecule has 0 spiro atoms. The number of nitrogens with one attached hydrogen (secondary N) is 2. The summed E-state index contributed by atoms with van der Waals surface area (Å²) in [4.78, 5) is 23.8. The Hall–Kier alpha value is -2.17. The molecule has 2 amide bonds. The van der Waals surface area contributed by atoms with E-state index in [1.807, 2.05) is 6.92 Å². The van der Waals surface area contributed by atoms with Crippen molar-refractivity contribution in [1.29, 1.82) is 0 Å². The molecule has 0 heterocycles. The summed E-state index contributed by atoms with van der Waals surface area (Å²) in [7, 11) is 0. The number of carbonyl (C=O) groups excluding carboxylic acids is 2. The third-order valence-corrected chi connectivity index (χ3v) is 3.91. The molecule has 0 radical (unpaired) electrons. The lowest BCUT2D eigenvalue weighted by Gasteiger charge is -2.06. The van der Waals surface area contributed by atoms with Gasteiger partial charge in [-0.3, -0.25) is 9.59 Å². The third-order valence-electron chi connectivity index (χ3n) is 3.91. The molecule has 1 fully saturated rings. The van der Waals surface area contributed by atoms with Gasteiger partial charge in [0.1, 0.15) is 0 Å². The highest BCUT2D eigenvalue weighted by Gasteiger charge is 2.29. The summed E-state index contributed by atoms with van der Waals surface area (Å²) in [5.74, 6) is 0.00530. The van der Waals surface area contributed by atoms with Crippen LogP contribution in [0.2, 0.25) is 0 Å². The van der Waals surface area contributed by atoms with Gasteiger partial charge in [0, 0.05) is 22.9 Å². The fourth-order valence-electron chi connectivity index (χ4n) is 2.18. The van der Waals surface area contributed by atoms with Crippen LogP contribution >= 0.6 is 0 Å². The largest absolute Gasteiger partial charge is 0.326 e. The van der Waals surface area contributed by atoms with E-state index in [0.29, 0.717) is 5.56 Å². The summed E-state index contributed by atoms with van der Waals surface area (Å²) < 4.78 is 0. The summed E-state index contributed by atoms with van der Waals surface area (Å²) >= 11 is 0. The first kappa shape index (κ1) is 17.2. The highest BCUT2D eigenvalue weighted by atomic mass is 16.2. The number of unbranched alkanes of at least 4 members (excludes halogenated alkanes) is 1. The number of anilines is 1. The number of rotatable bonds is 8. The Morgan fingerprint density at radius 2 is 1.87 bits per heavy atom. The summed E-state index contributed by atoms with van der Waals surface area (Å²) in [6, 6.07) is 6.89. The highest BCUT2D eigenvalue weighted by Crippen LogP contribution is 2.30. The Morgan fingerprint density at radius 3 is 2.43 bits per heavy atom. The summed E-state index contributed by atoms with van der Waals surface area (Å²) in [6.07, 6.45) is 5.90. The van der Waals surface area contributed by atoms with Crippen molar-refractivity contribution < 1.29 is 9.59 Å². The first-order valence-electron chi connectivity index (χ1n) is 8.40. The smallest absolute Gasteiger partial charge is 0.271 e. The van der Waals surface area contributed by atoms with Crippen LogP contribution in [0, 0.1) is 5.92 Å². The normalized spacial score (nSPS) is 14.4. The van der Waals surface area contributed by atoms with Gasteiger partial charge in [0.05, 0.1) is 0 Å². The number of nitrogens with zero attached hydrogens (tertiary/aromatic N) is 1. The van der Waals surface area contributed by atoms with Crippen molar-refractivity contribution in [2.24, 2.45) is 11.0 Å². The predicted molar refractivity (Wildman–Crippen MR) is 92.5 cm³/mol. The number of hydrogen-bond donors (Lipinski definition) is 2. The van der Waals surface area contributed by atoms with Crippen LogP contribution < -0.4 is 10.7 Å². The van der Waals surface area contributed by atoms with Crippen LogP contribution in [-0.4, -0.2) is 17.5 Å². The van der Waals surface area contributed by atoms with Gasteiger partial charge in [0.25, 0.3) is 5.91 Å². The second kappa shape index (κ2) is 8.46. The molecule has 1 aliphatic carbocycles. The van der Waals surface area contributed by atoms with Crippen molar-refractivity contribution in [3.63, 3.8) is 0 Å². The number of hydrogen-bond acceptors (Lipinski definition) is 3.